The zero-order valence-electron chi connectivity index (χ0n) is 10.9. The third-order valence-electron chi connectivity index (χ3n) is 2.64. The largest absolute Gasteiger partial charge is 0.496 e. The van der Waals surface area contributed by atoms with Gasteiger partial charge in [-0.3, -0.25) is 0 Å². The Hall–Kier alpha value is -1.36. The fourth-order valence-corrected chi connectivity index (χ4v) is 1.80. The molecule has 0 fully saturated rings. The van der Waals surface area contributed by atoms with Crippen molar-refractivity contribution in [1.82, 2.24) is 5.32 Å². The number of methoxy groups -OCH3 is 2. The number of rotatable bonds is 7. The Morgan fingerprint density at radius 2 is 1.72 bits per heavy atom. The van der Waals surface area contributed by atoms with Crippen LogP contribution in [0.5, 0.6) is 11.5 Å². The first-order valence-corrected chi connectivity index (χ1v) is 5.88. The first-order chi connectivity index (χ1) is 8.65. The summed E-state index contributed by atoms with van der Waals surface area (Å²) in [5.41, 5.74) is 0.367. The summed E-state index contributed by atoms with van der Waals surface area (Å²) in [5, 5.41) is 2.82. The van der Waals surface area contributed by atoms with Gasteiger partial charge >= 0.3 is 0 Å². The van der Waals surface area contributed by atoms with Gasteiger partial charge in [-0.15, -0.1) is 0 Å². The molecule has 0 aliphatic heterocycles. The molecule has 18 heavy (non-hydrogen) atoms. The van der Waals surface area contributed by atoms with E-state index in [1.807, 2.05) is 6.92 Å². The standard InChI is InChI=1S/C13H19F2NO2/c1-4-8-16-12(13(14)15)11-9(17-2)6-5-7-10(11)18-3/h5-7,12-13,16H,4,8H2,1-3H3. The van der Waals surface area contributed by atoms with E-state index >= 15 is 0 Å². The van der Waals surface area contributed by atoms with Gasteiger partial charge < -0.3 is 14.8 Å². The summed E-state index contributed by atoms with van der Waals surface area (Å²) in [6.07, 6.45) is -1.75. The molecule has 0 amide bonds. The maximum atomic E-state index is 13.2. The lowest BCUT2D eigenvalue weighted by atomic mass is 10.0. The number of benzene rings is 1. The van der Waals surface area contributed by atoms with Crippen LogP contribution in [0.3, 0.4) is 0 Å². The minimum Gasteiger partial charge on any atom is -0.496 e. The number of ether oxygens (including phenoxy) is 2. The molecule has 1 aromatic rings. The molecule has 3 nitrogen and oxygen atoms in total. The van der Waals surface area contributed by atoms with Crippen LogP contribution in [-0.2, 0) is 0 Å². The van der Waals surface area contributed by atoms with Crippen LogP contribution in [-0.4, -0.2) is 27.2 Å². The van der Waals surface area contributed by atoms with Gasteiger partial charge in [0, 0.05) is 0 Å². The highest BCUT2D eigenvalue weighted by atomic mass is 19.3. The molecule has 0 aliphatic rings. The molecule has 0 radical (unpaired) electrons. The monoisotopic (exact) mass is 259 g/mol. The van der Waals surface area contributed by atoms with Crippen LogP contribution in [0, 0.1) is 0 Å². The van der Waals surface area contributed by atoms with Crippen molar-refractivity contribution >= 4 is 0 Å². The van der Waals surface area contributed by atoms with Crippen molar-refractivity contribution in [1.29, 1.82) is 0 Å². The molecule has 1 aromatic carbocycles. The van der Waals surface area contributed by atoms with E-state index in [0.29, 0.717) is 23.6 Å². The first-order valence-electron chi connectivity index (χ1n) is 5.88. The molecule has 0 saturated carbocycles. The van der Waals surface area contributed by atoms with E-state index < -0.39 is 12.5 Å². The van der Waals surface area contributed by atoms with E-state index in [2.05, 4.69) is 5.32 Å². The lowest BCUT2D eigenvalue weighted by Gasteiger charge is -2.22. The third kappa shape index (κ3) is 3.32. The van der Waals surface area contributed by atoms with Gasteiger partial charge in [0.1, 0.15) is 17.5 Å². The second-order valence-corrected chi connectivity index (χ2v) is 3.84. The van der Waals surface area contributed by atoms with Crippen molar-refractivity contribution in [2.24, 2.45) is 0 Å². The summed E-state index contributed by atoms with van der Waals surface area (Å²) in [7, 11) is 2.92. The SMILES string of the molecule is CCCNC(c1c(OC)cccc1OC)C(F)F. The second kappa shape index (κ2) is 7.16. The third-order valence-corrected chi connectivity index (χ3v) is 2.64. The van der Waals surface area contributed by atoms with E-state index in [-0.39, 0.29) is 0 Å². The van der Waals surface area contributed by atoms with Gasteiger partial charge in [0.05, 0.1) is 19.8 Å². The van der Waals surface area contributed by atoms with E-state index in [4.69, 9.17) is 9.47 Å². The summed E-state index contributed by atoms with van der Waals surface area (Å²) in [6.45, 7) is 2.44. The number of alkyl halides is 2. The molecule has 0 aliphatic carbocycles. The smallest absolute Gasteiger partial charge is 0.258 e. The van der Waals surface area contributed by atoms with Crippen LogP contribution in [0.15, 0.2) is 18.2 Å². The molecule has 0 saturated heterocycles. The zero-order valence-corrected chi connectivity index (χ0v) is 10.9. The number of nitrogens with one attached hydrogen (secondary N) is 1. The van der Waals surface area contributed by atoms with Gasteiger partial charge in [0.25, 0.3) is 6.43 Å². The summed E-state index contributed by atoms with van der Waals surface area (Å²) in [5.74, 6) is 0.812. The lowest BCUT2D eigenvalue weighted by Crippen LogP contribution is -2.28. The summed E-state index contributed by atoms with van der Waals surface area (Å²) in [4.78, 5) is 0. The topological polar surface area (TPSA) is 30.5 Å². The van der Waals surface area contributed by atoms with Gasteiger partial charge in [0.15, 0.2) is 0 Å². The molecule has 0 aromatic heterocycles. The summed E-state index contributed by atoms with van der Waals surface area (Å²) >= 11 is 0. The highest BCUT2D eigenvalue weighted by molar-refractivity contribution is 5.47. The highest BCUT2D eigenvalue weighted by Gasteiger charge is 2.28. The zero-order chi connectivity index (χ0) is 13.5. The van der Waals surface area contributed by atoms with Crippen molar-refractivity contribution in [2.75, 3.05) is 20.8 Å². The molecule has 1 N–H and O–H groups in total. The van der Waals surface area contributed by atoms with Crippen LogP contribution in [0.25, 0.3) is 0 Å². The summed E-state index contributed by atoms with van der Waals surface area (Å²) in [6, 6.07) is 3.93. The summed E-state index contributed by atoms with van der Waals surface area (Å²) < 4.78 is 36.6. The van der Waals surface area contributed by atoms with Crippen molar-refractivity contribution in [3.8, 4) is 11.5 Å². The molecular formula is C13H19F2NO2. The predicted octanol–water partition coefficient (Wildman–Crippen LogP) is 3.01. The van der Waals surface area contributed by atoms with Gasteiger partial charge in [-0.05, 0) is 25.1 Å². The van der Waals surface area contributed by atoms with Gasteiger partial charge in [-0.1, -0.05) is 13.0 Å². The molecule has 5 heteroatoms. The van der Waals surface area contributed by atoms with E-state index in [0.717, 1.165) is 6.42 Å². The van der Waals surface area contributed by atoms with Crippen molar-refractivity contribution < 1.29 is 18.3 Å². The van der Waals surface area contributed by atoms with Crippen LogP contribution < -0.4 is 14.8 Å². The minimum atomic E-state index is -2.53. The van der Waals surface area contributed by atoms with Crippen LogP contribution >= 0.6 is 0 Å². The quantitative estimate of drug-likeness (QED) is 0.816. The Balaban J connectivity index is 3.15. The Bertz CT molecular complexity index is 350. The molecule has 0 spiro atoms. The Labute approximate surface area is 106 Å². The Morgan fingerprint density at radius 3 is 2.11 bits per heavy atom. The van der Waals surface area contributed by atoms with Crippen molar-refractivity contribution in [3.05, 3.63) is 23.8 Å². The Morgan fingerprint density at radius 1 is 1.17 bits per heavy atom. The van der Waals surface area contributed by atoms with Gasteiger partial charge in [-0.2, -0.15) is 0 Å². The van der Waals surface area contributed by atoms with Crippen molar-refractivity contribution in [2.45, 2.75) is 25.8 Å². The van der Waals surface area contributed by atoms with Crippen LogP contribution in [0.1, 0.15) is 24.9 Å². The van der Waals surface area contributed by atoms with Gasteiger partial charge in [0.2, 0.25) is 0 Å². The number of halogens is 2. The van der Waals surface area contributed by atoms with E-state index in [1.165, 1.54) is 14.2 Å². The molecule has 0 bridgehead atoms. The minimum absolute atomic E-state index is 0.367. The lowest BCUT2D eigenvalue weighted by molar-refractivity contribution is 0.0957. The van der Waals surface area contributed by atoms with Gasteiger partial charge in [-0.25, -0.2) is 8.78 Å². The molecule has 0 heterocycles. The normalized spacial score (nSPS) is 12.6. The average molecular weight is 259 g/mol. The molecule has 1 rings (SSSR count). The highest BCUT2D eigenvalue weighted by Crippen LogP contribution is 2.36. The maximum absolute atomic E-state index is 13.2. The first kappa shape index (κ1) is 14.7. The van der Waals surface area contributed by atoms with E-state index in [1.54, 1.807) is 18.2 Å². The molecule has 102 valence electrons. The number of hydrogen-bond donors (Lipinski definition) is 1. The number of hydrogen-bond acceptors (Lipinski definition) is 3. The fourth-order valence-electron chi connectivity index (χ4n) is 1.80. The van der Waals surface area contributed by atoms with Crippen molar-refractivity contribution in [3.63, 3.8) is 0 Å². The average Bonchev–Trinajstić information content (AvgIpc) is 2.38. The molecule has 1 unspecified atom stereocenters. The van der Waals surface area contributed by atoms with Crippen LogP contribution in [0.2, 0.25) is 0 Å². The van der Waals surface area contributed by atoms with Crippen LogP contribution in [0.4, 0.5) is 8.78 Å². The molecule has 1 atom stereocenters. The second-order valence-electron chi connectivity index (χ2n) is 3.84. The Kier molecular flexibility index (Phi) is 5.85. The maximum Gasteiger partial charge on any atom is 0.258 e. The fraction of sp³-hybridized carbons (Fsp3) is 0.538. The predicted molar refractivity (Wildman–Crippen MR) is 66.6 cm³/mol. The molecular weight excluding hydrogens is 240 g/mol. The van der Waals surface area contributed by atoms with E-state index in [9.17, 15) is 8.78 Å².